The summed E-state index contributed by atoms with van der Waals surface area (Å²) in [4.78, 5) is 14.9. The first-order valence-corrected chi connectivity index (χ1v) is 11.0. The molecule has 3 aromatic rings. The van der Waals surface area contributed by atoms with Crippen molar-refractivity contribution in [3.05, 3.63) is 54.3 Å². The van der Waals surface area contributed by atoms with Crippen LogP contribution in [0.3, 0.4) is 0 Å². The summed E-state index contributed by atoms with van der Waals surface area (Å²) in [5.41, 5.74) is 2.23. The van der Waals surface area contributed by atoms with Gasteiger partial charge < -0.3 is 19.5 Å². The molecular formula is C22H24FN5O2S. The second kappa shape index (κ2) is 9.49. The average molecular weight is 442 g/mol. The largest absolute Gasteiger partial charge is 0.378 e. The third-order valence-corrected chi connectivity index (χ3v) is 6.25. The van der Waals surface area contributed by atoms with E-state index in [4.69, 9.17) is 4.74 Å². The highest BCUT2D eigenvalue weighted by Crippen LogP contribution is 2.28. The number of amides is 1. The van der Waals surface area contributed by atoms with Gasteiger partial charge in [-0.15, -0.1) is 10.2 Å². The molecule has 31 heavy (non-hydrogen) atoms. The van der Waals surface area contributed by atoms with Gasteiger partial charge in [-0.05, 0) is 43.3 Å². The van der Waals surface area contributed by atoms with Gasteiger partial charge >= 0.3 is 0 Å². The summed E-state index contributed by atoms with van der Waals surface area (Å²) in [6, 6.07) is 14.2. The minimum Gasteiger partial charge on any atom is -0.378 e. The second-order valence-electron chi connectivity index (χ2n) is 7.24. The lowest BCUT2D eigenvalue weighted by molar-refractivity contribution is -0.115. The van der Waals surface area contributed by atoms with E-state index in [9.17, 15) is 9.18 Å². The average Bonchev–Trinajstić information content (AvgIpc) is 3.15. The number of ether oxygens (including phenoxy) is 1. The van der Waals surface area contributed by atoms with Crippen molar-refractivity contribution in [2.75, 3.05) is 36.5 Å². The molecule has 1 aliphatic heterocycles. The summed E-state index contributed by atoms with van der Waals surface area (Å²) in [6.45, 7) is 5.00. The molecule has 7 nitrogen and oxygen atoms in total. The fraction of sp³-hybridized carbons (Fsp3) is 0.318. The first-order chi connectivity index (χ1) is 15.0. The molecule has 0 saturated carbocycles. The number of carbonyl (C=O) groups excluding carboxylic acids is 1. The molecule has 0 bridgehead atoms. The molecule has 0 radical (unpaired) electrons. The Bertz CT molecular complexity index is 1050. The van der Waals surface area contributed by atoms with Gasteiger partial charge in [0.25, 0.3) is 0 Å². The maximum absolute atomic E-state index is 14.1. The number of benzene rings is 2. The molecular weight excluding hydrogens is 417 g/mol. The molecule has 1 atom stereocenters. The van der Waals surface area contributed by atoms with Gasteiger partial charge in [0, 0.05) is 31.5 Å². The summed E-state index contributed by atoms with van der Waals surface area (Å²) in [7, 11) is 1.76. The zero-order chi connectivity index (χ0) is 21.8. The van der Waals surface area contributed by atoms with Gasteiger partial charge in [-0.1, -0.05) is 23.9 Å². The fourth-order valence-corrected chi connectivity index (χ4v) is 4.14. The Kier molecular flexibility index (Phi) is 6.53. The van der Waals surface area contributed by atoms with Crippen molar-refractivity contribution in [3.63, 3.8) is 0 Å². The Morgan fingerprint density at radius 3 is 2.55 bits per heavy atom. The quantitative estimate of drug-likeness (QED) is 0.590. The molecule has 0 unspecified atom stereocenters. The van der Waals surface area contributed by atoms with Gasteiger partial charge in [0.05, 0.1) is 24.0 Å². The molecule has 9 heteroatoms. The third-order valence-electron chi connectivity index (χ3n) is 5.11. The van der Waals surface area contributed by atoms with Crippen LogP contribution in [-0.2, 0) is 16.6 Å². The predicted molar refractivity (Wildman–Crippen MR) is 120 cm³/mol. The van der Waals surface area contributed by atoms with Crippen molar-refractivity contribution in [1.29, 1.82) is 0 Å². The second-order valence-corrected chi connectivity index (χ2v) is 8.55. The number of nitrogens with one attached hydrogen (secondary N) is 1. The Balaban J connectivity index is 1.38. The van der Waals surface area contributed by atoms with Gasteiger partial charge in [-0.25, -0.2) is 4.39 Å². The van der Waals surface area contributed by atoms with Gasteiger partial charge in [-0.2, -0.15) is 0 Å². The minimum absolute atomic E-state index is 0.139. The third kappa shape index (κ3) is 4.88. The van der Waals surface area contributed by atoms with E-state index in [0.717, 1.165) is 37.7 Å². The number of anilines is 2. The summed E-state index contributed by atoms with van der Waals surface area (Å²) in [6.07, 6.45) is 0. The van der Waals surface area contributed by atoms with Gasteiger partial charge in [-0.3, -0.25) is 4.79 Å². The summed E-state index contributed by atoms with van der Waals surface area (Å²) in [5, 5.41) is 11.3. The van der Waals surface area contributed by atoms with Crippen molar-refractivity contribution in [3.8, 4) is 11.4 Å². The fourth-order valence-electron chi connectivity index (χ4n) is 3.33. The number of halogens is 1. The molecule has 1 aromatic heterocycles. The number of hydrogen-bond donors (Lipinski definition) is 1. The Labute approximate surface area is 184 Å². The Morgan fingerprint density at radius 2 is 1.84 bits per heavy atom. The van der Waals surface area contributed by atoms with Crippen molar-refractivity contribution in [2.24, 2.45) is 7.05 Å². The Hall–Kier alpha value is -2.91. The molecule has 162 valence electrons. The normalized spacial score (nSPS) is 15.0. The van der Waals surface area contributed by atoms with Crippen LogP contribution in [0.15, 0.2) is 53.7 Å². The zero-order valence-electron chi connectivity index (χ0n) is 17.4. The number of rotatable bonds is 6. The first-order valence-electron chi connectivity index (χ1n) is 10.1. The van der Waals surface area contributed by atoms with Crippen LogP contribution in [-0.4, -0.2) is 52.2 Å². The van der Waals surface area contributed by atoms with E-state index < -0.39 is 5.25 Å². The van der Waals surface area contributed by atoms with E-state index in [0.29, 0.717) is 16.5 Å². The number of morpholine rings is 1. The smallest absolute Gasteiger partial charge is 0.237 e. The SMILES string of the molecule is C[C@H](Sc1nnc(-c2ccccc2F)n1C)C(=O)Nc1ccc(N2CCOCC2)cc1. The molecule has 1 aliphatic rings. The maximum Gasteiger partial charge on any atom is 0.237 e. The highest BCUT2D eigenvalue weighted by atomic mass is 32.2. The number of hydrogen-bond acceptors (Lipinski definition) is 6. The standard InChI is InChI=1S/C22H24FN5O2S/c1-15(31-22-26-25-20(27(22)2)18-5-3-4-6-19(18)23)21(29)24-16-7-9-17(10-8-16)28-11-13-30-14-12-28/h3-10,15H,11-14H2,1-2H3,(H,24,29)/t15-/m0/s1. The summed E-state index contributed by atoms with van der Waals surface area (Å²) in [5.74, 6) is -0.0765. The van der Waals surface area contributed by atoms with Crippen LogP contribution in [0.1, 0.15) is 6.92 Å². The summed E-state index contributed by atoms with van der Waals surface area (Å²) < 4.78 is 21.2. The number of aromatic nitrogens is 3. The molecule has 1 amide bonds. The number of nitrogens with zero attached hydrogens (tertiary/aromatic N) is 4. The monoisotopic (exact) mass is 441 g/mol. The van der Waals surface area contributed by atoms with E-state index >= 15 is 0 Å². The van der Waals surface area contributed by atoms with Gasteiger partial charge in [0.2, 0.25) is 5.91 Å². The van der Waals surface area contributed by atoms with Crippen LogP contribution >= 0.6 is 11.8 Å². The Morgan fingerprint density at radius 1 is 1.13 bits per heavy atom. The van der Waals surface area contributed by atoms with Crippen LogP contribution in [0.25, 0.3) is 11.4 Å². The highest BCUT2D eigenvalue weighted by Gasteiger charge is 2.21. The first kappa shape index (κ1) is 21.3. The molecule has 1 fully saturated rings. The van der Waals surface area contributed by atoms with E-state index in [1.54, 1.807) is 36.7 Å². The predicted octanol–water partition coefficient (Wildman–Crippen LogP) is 3.58. The molecule has 1 saturated heterocycles. The van der Waals surface area contributed by atoms with E-state index in [1.807, 2.05) is 24.3 Å². The molecule has 2 aromatic carbocycles. The lowest BCUT2D eigenvalue weighted by Crippen LogP contribution is -2.36. The molecule has 2 heterocycles. The molecule has 0 spiro atoms. The van der Waals surface area contributed by atoms with Gasteiger partial charge in [0.15, 0.2) is 11.0 Å². The minimum atomic E-state index is -0.407. The summed E-state index contributed by atoms with van der Waals surface area (Å²) >= 11 is 1.28. The van der Waals surface area contributed by atoms with Crippen molar-refractivity contribution in [1.82, 2.24) is 14.8 Å². The van der Waals surface area contributed by atoms with E-state index in [2.05, 4.69) is 20.4 Å². The van der Waals surface area contributed by atoms with E-state index in [-0.39, 0.29) is 11.7 Å². The highest BCUT2D eigenvalue weighted by molar-refractivity contribution is 8.00. The lowest BCUT2D eigenvalue weighted by Gasteiger charge is -2.28. The van der Waals surface area contributed by atoms with Crippen LogP contribution in [0.5, 0.6) is 0 Å². The zero-order valence-corrected chi connectivity index (χ0v) is 18.2. The van der Waals surface area contributed by atoms with Crippen LogP contribution in [0.4, 0.5) is 15.8 Å². The number of thioether (sulfide) groups is 1. The topological polar surface area (TPSA) is 72.3 Å². The van der Waals surface area contributed by atoms with Crippen LogP contribution in [0.2, 0.25) is 0 Å². The van der Waals surface area contributed by atoms with Crippen LogP contribution < -0.4 is 10.2 Å². The number of carbonyl (C=O) groups is 1. The van der Waals surface area contributed by atoms with Gasteiger partial charge in [0.1, 0.15) is 5.82 Å². The van der Waals surface area contributed by atoms with E-state index in [1.165, 1.54) is 17.8 Å². The van der Waals surface area contributed by atoms with Crippen LogP contribution in [0, 0.1) is 5.82 Å². The molecule has 0 aliphatic carbocycles. The lowest BCUT2D eigenvalue weighted by atomic mass is 10.2. The molecule has 1 N–H and O–H groups in total. The van der Waals surface area contributed by atoms with Crippen molar-refractivity contribution < 1.29 is 13.9 Å². The maximum atomic E-state index is 14.1. The molecule has 4 rings (SSSR count). The van der Waals surface area contributed by atoms with Crippen molar-refractivity contribution >= 4 is 29.0 Å². The van der Waals surface area contributed by atoms with Crippen molar-refractivity contribution in [2.45, 2.75) is 17.3 Å².